The number of non-ortho nitro benzene ring substituents is 1. The minimum atomic E-state index is -0.419. The average molecular weight is 398 g/mol. The Morgan fingerprint density at radius 1 is 1.11 bits per heavy atom. The SMILES string of the molecule is O=[N+]([O-])c1ccc(-c2ncn(CNC3(c4ccc(Cl)cc4)CCCC3)n2)cc1. The molecule has 1 saturated carbocycles. The van der Waals surface area contributed by atoms with Gasteiger partial charge in [-0.3, -0.25) is 15.4 Å². The van der Waals surface area contributed by atoms with E-state index >= 15 is 0 Å². The predicted molar refractivity (Wildman–Crippen MR) is 107 cm³/mol. The van der Waals surface area contributed by atoms with Gasteiger partial charge in [0, 0.05) is 28.3 Å². The standard InChI is InChI=1S/C20H20ClN5O2/c21-17-7-5-16(6-8-17)20(11-1-2-12-20)23-14-25-13-22-19(24-25)15-3-9-18(10-4-15)26(27)28/h3-10,13,23H,1-2,11-12,14H2. The second-order valence-electron chi connectivity index (χ2n) is 7.04. The zero-order valence-corrected chi connectivity index (χ0v) is 16.0. The summed E-state index contributed by atoms with van der Waals surface area (Å²) in [4.78, 5) is 14.7. The molecule has 144 valence electrons. The van der Waals surface area contributed by atoms with Crippen molar-refractivity contribution in [3.8, 4) is 11.4 Å². The highest BCUT2D eigenvalue weighted by Gasteiger charge is 2.35. The molecule has 1 fully saturated rings. The van der Waals surface area contributed by atoms with E-state index in [0.29, 0.717) is 12.5 Å². The minimum absolute atomic E-state index is 0.0518. The summed E-state index contributed by atoms with van der Waals surface area (Å²) in [5.41, 5.74) is 1.96. The number of nitrogens with one attached hydrogen (secondary N) is 1. The van der Waals surface area contributed by atoms with E-state index in [1.165, 1.54) is 30.5 Å². The van der Waals surface area contributed by atoms with E-state index in [-0.39, 0.29) is 11.2 Å². The molecule has 1 aliphatic rings. The number of aromatic nitrogens is 3. The van der Waals surface area contributed by atoms with Crippen LogP contribution in [0, 0.1) is 10.1 Å². The molecule has 2 aromatic carbocycles. The fourth-order valence-corrected chi connectivity index (χ4v) is 3.91. The Hall–Kier alpha value is -2.77. The topological polar surface area (TPSA) is 85.9 Å². The Morgan fingerprint density at radius 3 is 2.43 bits per heavy atom. The first-order valence-electron chi connectivity index (χ1n) is 9.21. The molecule has 1 N–H and O–H groups in total. The molecule has 3 aromatic rings. The van der Waals surface area contributed by atoms with Crippen LogP contribution in [0.3, 0.4) is 0 Å². The van der Waals surface area contributed by atoms with Gasteiger partial charge in [0.15, 0.2) is 5.82 Å². The summed E-state index contributed by atoms with van der Waals surface area (Å²) in [6, 6.07) is 14.3. The van der Waals surface area contributed by atoms with Crippen molar-refractivity contribution in [3.05, 3.63) is 75.6 Å². The largest absolute Gasteiger partial charge is 0.289 e. The molecule has 1 heterocycles. The van der Waals surface area contributed by atoms with E-state index in [2.05, 4.69) is 27.5 Å². The Bertz CT molecular complexity index is 963. The average Bonchev–Trinajstić information content (AvgIpc) is 3.37. The molecule has 0 unspecified atom stereocenters. The van der Waals surface area contributed by atoms with E-state index in [4.69, 9.17) is 11.6 Å². The molecule has 0 atom stereocenters. The smallest absolute Gasteiger partial charge is 0.269 e. The Morgan fingerprint density at radius 2 is 1.79 bits per heavy atom. The number of hydrogen-bond donors (Lipinski definition) is 1. The number of nitro groups is 1. The van der Waals surface area contributed by atoms with Gasteiger partial charge in [0.05, 0.1) is 11.6 Å². The van der Waals surface area contributed by atoms with E-state index in [1.807, 2.05) is 12.1 Å². The number of rotatable bonds is 6. The van der Waals surface area contributed by atoms with Crippen molar-refractivity contribution >= 4 is 17.3 Å². The number of hydrogen-bond acceptors (Lipinski definition) is 5. The van der Waals surface area contributed by atoms with Crippen LogP contribution in [-0.4, -0.2) is 19.7 Å². The molecule has 4 rings (SSSR count). The van der Waals surface area contributed by atoms with Crippen molar-refractivity contribution in [2.24, 2.45) is 0 Å². The highest BCUT2D eigenvalue weighted by Crippen LogP contribution is 2.39. The molecule has 8 heteroatoms. The van der Waals surface area contributed by atoms with Gasteiger partial charge >= 0.3 is 0 Å². The lowest BCUT2D eigenvalue weighted by atomic mass is 9.88. The van der Waals surface area contributed by atoms with Crippen LogP contribution in [0.5, 0.6) is 0 Å². The summed E-state index contributed by atoms with van der Waals surface area (Å²) < 4.78 is 1.76. The highest BCUT2D eigenvalue weighted by molar-refractivity contribution is 6.30. The van der Waals surface area contributed by atoms with Crippen molar-refractivity contribution in [3.63, 3.8) is 0 Å². The molecule has 0 saturated heterocycles. The molecule has 0 spiro atoms. The Labute approximate surface area is 167 Å². The van der Waals surface area contributed by atoms with Crippen LogP contribution < -0.4 is 5.32 Å². The summed E-state index contributed by atoms with van der Waals surface area (Å²) >= 11 is 6.04. The van der Waals surface area contributed by atoms with E-state index in [0.717, 1.165) is 23.4 Å². The first kappa shape index (κ1) is 18.6. The lowest BCUT2D eigenvalue weighted by Crippen LogP contribution is -2.41. The highest BCUT2D eigenvalue weighted by atomic mass is 35.5. The normalized spacial score (nSPS) is 15.6. The fourth-order valence-electron chi connectivity index (χ4n) is 3.78. The van der Waals surface area contributed by atoms with E-state index in [1.54, 1.807) is 23.1 Å². The lowest BCUT2D eigenvalue weighted by molar-refractivity contribution is -0.384. The maximum Gasteiger partial charge on any atom is 0.269 e. The van der Waals surface area contributed by atoms with Crippen LogP contribution in [0.25, 0.3) is 11.4 Å². The molecule has 0 amide bonds. The molecular weight excluding hydrogens is 378 g/mol. The third-order valence-corrected chi connectivity index (χ3v) is 5.56. The van der Waals surface area contributed by atoms with Crippen LogP contribution in [-0.2, 0) is 12.2 Å². The van der Waals surface area contributed by atoms with Gasteiger partial charge < -0.3 is 0 Å². The van der Waals surface area contributed by atoms with Crippen LogP contribution in [0.4, 0.5) is 5.69 Å². The van der Waals surface area contributed by atoms with Crippen LogP contribution in [0.15, 0.2) is 54.9 Å². The molecule has 1 aromatic heterocycles. The maximum absolute atomic E-state index is 10.8. The molecule has 0 radical (unpaired) electrons. The van der Waals surface area contributed by atoms with Gasteiger partial charge in [-0.2, -0.15) is 0 Å². The first-order valence-corrected chi connectivity index (χ1v) is 9.59. The predicted octanol–water partition coefficient (Wildman–Crippen LogP) is 4.52. The second-order valence-corrected chi connectivity index (χ2v) is 7.48. The van der Waals surface area contributed by atoms with Crippen LogP contribution in [0.2, 0.25) is 5.02 Å². The van der Waals surface area contributed by atoms with Gasteiger partial charge in [-0.25, -0.2) is 9.67 Å². The number of halogens is 1. The Balaban J connectivity index is 1.48. The van der Waals surface area contributed by atoms with Gasteiger partial charge in [-0.05, 0) is 42.7 Å². The van der Waals surface area contributed by atoms with Gasteiger partial charge in [0.1, 0.15) is 6.33 Å². The van der Waals surface area contributed by atoms with Crippen molar-refractivity contribution in [1.82, 2.24) is 20.1 Å². The Kier molecular flexibility index (Phi) is 5.11. The lowest BCUT2D eigenvalue weighted by Gasteiger charge is -2.31. The molecule has 0 bridgehead atoms. The third kappa shape index (κ3) is 3.76. The summed E-state index contributed by atoms with van der Waals surface area (Å²) in [5.74, 6) is 0.545. The third-order valence-electron chi connectivity index (χ3n) is 5.31. The summed E-state index contributed by atoms with van der Waals surface area (Å²) in [6.45, 7) is 0.530. The second kappa shape index (κ2) is 7.69. The zero-order valence-electron chi connectivity index (χ0n) is 15.2. The molecule has 28 heavy (non-hydrogen) atoms. The van der Waals surface area contributed by atoms with Crippen LogP contribution >= 0.6 is 11.6 Å². The summed E-state index contributed by atoms with van der Waals surface area (Å²) in [6.07, 6.45) is 6.17. The maximum atomic E-state index is 10.8. The van der Waals surface area contributed by atoms with Crippen molar-refractivity contribution in [2.75, 3.05) is 0 Å². The zero-order chi connectivity index (χ0) is 19.6. The van der Waals surface area contributed by atoms with Crippen LogP contribution in [0.1, 0.15) is 31.2 Å². The molecule has 0 aliphatic heterocycles. The number of benzene rings is 2. The first-order chi connectivity index (χ1) is 13.6. The molecule has 1 aliphatic carbocycles. The van der Waals surface area contributed by atoms with E-state index in [9.17, 15) is 10.1 Å². The van der Waals surface area contributed by atoms with Crippen molar-refractivity contribution in [1.29, 1.82) is 0 Å². The fraction of sp³-hybridized carbons (Fsp3) is 0.300. The molecule has 7 nitrogen and oxygen atoms in total. The van der Waals surface area contributed by atoms with Crippen molar-refractivity contribution in [2.45, 2.75) is 37.9 Å². The monoisotopic (exact) mass is 397 g/mol. The van der Waals surface area contributed by atoms with Gasteiger partial charge in [0.2, 0.25) is 0 Å². The summed E-state index contributed by atoms with van der Waals surface area (Å²) in [5, 5.41) is 19.7. The minimum Gasteiger partial charge on any atom is -0.289 e. The molecular formula is C20H20ClN5O2. The van der Waals surface area contributed by atoms with E-state index < -0.39 is 4.92 Å². The number of nitrogens with zero attached hydrogens (tertiary/aromatic N) is 4. The van der Waals surface area contributed by atoms with Crippen molar-refractivity contribution < 1.29 is 4.92 Å². The van der Waals surface area contributed by atoms with Gasteiger partial charge in [0.25, 0.3) is 5.69 Å². The van der Waals surface area contributed by atoms with Gasteiger partial charge in [-0.15, -0.1) is 5.10 Å². The summed E-state index contributed by atoms with van der Waals surface area (Å²) in [7, 11) is 0. The quantitative estimate of drug-likeness (QED) is 0.488. The number of nitro benzene ring substituents is 1. The van der Waals surface area contributed by atoms with Gasteiger partial charge in [-0.1, -0.05) is 36.6 Å².